The van der Waals surface area contributed by atoms with Gasteiger partial charge in [-0.25, -0.2) is 0 Å². The van der Waals surface area contributed by atoms with Gasteiger partial charge < -0.3 is 10.0 Å². The minimum Gasteiger partial charge on any atom is -0.393 e. The second-order valence-electron chi connectivity index (χ2n) is 5.09. The number of amides is 1. The van der Waals surface area contributed by atoms with Crippen LogP contribution in [0.4, 0.5) is 0 Å². The average molecular weight is 282 g/mol. The van der Waals surface area contributed by atoms with E-state index in [4.69, 9.17) is 11.6 Å². The van der Waals surface area contributed by atoms with Gasteiger partial charge in [-0.1, -0.05) is 23.7 Å². The summed E-state index contributed by atoms with van der Waals surface area (Å²) in [7, 11) is 0. The number of aryl methyl sites for hydroxylation is 1. The third-order valence-corrected chi connectivity index (χ3v) is 3.84. The number of aliphatic hydroxyl groups excluding tert-OH is 1. The van der Waals surface area contributed by atoms with Gasteiger partial charge in [0, 0.05) is 24.5 Å². The fourth-order valence-electron chi connectivity index (χ4n) is 2.37. The standard InChI is InChI=1S/C15H20ClNO2/c16-13-6-4-12(5-7-13)2-1-3-15(19)17-10-8-14(18)9-11-17/h4-7,14,18H,1-3,8-11H2. The fraction of sp³-hybridized carbons (Fsp3) is 0.533. The van der Waals surface area contributed by atoms with Gasteiger partial charge in [-0.05, 0) is 43.4 Å². The molecule has 1 N–H and O–H groups in total. The Morgan fingerprint density at radius 3 is 2.53 bits per heavy atom. The van der Waals surface area contributed by atoms with Crippen LogP contribution in [-0.2, 0) is 11.2 Å². The van der Waals surface area contributed by atoms with Crippen LogP contribution in [0.1, 0.15) is 31.2 Å². The lowest BCUT2D eigenvalue weighted by atomic mass is 10.1. The molecule has 1 saturated heterocycles. The van der Waals surface area contributed by atoms with E-state index in [1.807, 2.05) is 29.2 Å². The zero-order valence-electron chi connectivity index (χ0n) is 11.0. The minimum atomic E-state index is -0.224. The molecule has 0 aromatic heterocycles. The predicted octanol–water partition coefficient (Wildman–Crippen LogP) is 2.65. The van der Waals surface area contributed by atoms with Crippen molar-refractivity contribution in [1.29, 1.82) is 0 Å². The second-order valence-corrected chi connectivity index (χ2v) is 5.53. The minimum absolute atomic E-state index is 0.209. The highest BCUT2D eigenvalue weighted by Crippen LogP contribution is 2.14. The van der Waals surface area contributed by atoms with Crippen LogP contribution in [0, 0.1) is 0 Å². The molecule has 19 heavy (non-hydrogen) atoms. The topological polar surface area (TPSA) is 40.5 Å². The van der Waals surface area contributed by atoms with Crippen LogP contribution < -0.4 is 0 Å². The number of hydrogen-bond acceptors (Lipinski definition) is 2. The smallest absolute Gasteiger partial charge is 0.222 e. The molecule has 1 heterocycles. The van der Waals surface area contributed by atoms with Gasteiger partial charge >= 0.3 is 0 Å². The van der Waals surface area contributed by atoms with Crippen LogP contribution in [0.25, 0.3) is 0 Å². The van der Waals surface area contributed by atoms with Gasteiger partial charge in [0.25, 0.3) is 0 Å². The molecule has 104 valence electrons. The first kappa shape index (κ1) is 14.4. The first-order valence-electron chi connectivity index (χ1n) is 6.85. The summed E-state index contributed by atoms with van der Waals surface area (Å²) >= 11 is 5.83. The van der Waals surface area contributed by atoms with E-state index in [1.165, 1.54) is 5.56 Å². The quantitative estimate of drug-likeness (QED) is 0.922. The van der Waals surface area contributed by atoms with Crippen LogP contribution in [0.5, 0.6) is 0 Å². The molecule has 1 aliphatic rings. The molecule has 0 aliphatic carbocycles. The predicted molar refractivity (Wildman–Crippen MR) is 76.2 cm³/mol. The van der Waals surface area contributed by atoms with E-state index >= 15 is 0 Å². The first-order chi connectivity index (χ1) is 9.15. The molecule has 0 unspecified atom stereocenters. The maximum absolute atomic E-state index is 12.0. The molecular weight excluding hydrogens is 262 g/mol. The number of nitrogens with zero attached hydrogens (tertiary/aromatic N) is 1. The van der Waals surface area contributed by atoms with Crippen molar-refractivity contribution in [2.24, 2.45) is 0 Å². The van der Waals surface area contributed by atoms with Gasteiger partial charge in [-0.15, -0.1) is 0 Å². The number of piperidine rings is 1. The largest absolute Gasteiger partial charge is 0.393 e. The molecule has 1 amide bonds. The Morgan fingerprint density at radius 2 is 1.89 bits per heavy atom. The van der Waals surface area contributed by atoms with E-state index in [2.05, 4.69) is 0 Å². The number of halogens is 1. The molecule has 0 bridgehead atoms. The number of aliphatic hydroxyl groups is 1. The zero-order chi connectivity index (χ0) is 13.7. The Balaban J connectivity index is 1.70. The maximum atomic E-state index is 12.0. The lowest BCUT2D eigenvalue weighted by Crippen LogP contribution is -2.39. The van der Waals surface area contributed by atoms with Crippen molar-refractivity contribution in [2.75, 3.05) is 13.1 Å². The Morgan fingerprint density at radius 1 is 1.26 bits per heavy atom. The van der Waals surface area contributed by atoms with Crippen LogP contribution in [0.2, 0.25) is 5.02 Å². The SMILES string of the molecule is O=C(CCCc1ccc(Cl)cc1)N1CCC(O)CC1. The van der Waals surface area contributed by atoms with Crippen molar-refractivity contribution in [3.8, 4) is 0 Å². The van der Waals surface area contributed by atoms with Crippen molar-refractivity contribution in [2.45, 2.75) is 38.2 Å². The van der Waals surface area contributed by atoms with Gasteiger partial charge in [0.05, 0.1) is 6.10 Å². The molecule has 1 aromatic rings. The molecule has 0 atom stereocenters. The molecule has 4 heteroatoms. The van der Waals surface area contributed by atoms with Crippen molar-refractivity contribution < 1.29 is 9.90 Å². The third kappa shape index (κ3) is 4.51. The summed E-state index contributed by atoms with van der Waals surface area (Å²) < 4.78 is 0. The first-order valence-corrected chi connectivity index (χ1v) is 7.23. The van der Waals surface area contributed by atoms with Crippen molar-refractivity contribution in [3.63, 3.8) is 0 Å². The summed E-state index contributed by atoms with van der Waals surface area (Å²) in [6, 6.07) is 7.77. The van der Waals surface area contributed by atoms with E-state index in [9.17, 15) is 9.90 Å². The Hall–Kier alpha value is -1.06. The second kappa shape index (κ2) is 6.92. The normalized spacial score (nSPS) is 16.6. The fourth-order valence-corrected chi connectivity index (χ4v) is 2.49. The van der Waals surface area contributed by atoms with E-state index in [0.717, 1.165) is 17.9 Å². The monoisotopic (exact) mass is 281 g/mol. The van der Waals surface area contributed by atoms with Gasteiger partial charge in [-0.3, -0.25) is 4.79 Å². The van der Waals surface area contributed by atoms with Gasteiger partial charge in [0.1, 0.15) is 0 Å². The summed E-state index contributed by atoms with van der Waals surface area (Å²) in [5.41, 5.74) is 1.21. The highest BCUT2D eigenvalue weighted by atomic mass is 35.5. The summed E-state index contributed by atoms with van der Waals surface area (Å²) in [4.78, 5) is 13.8. The number of carbonyl (C=O) groups excluding carboxylic acids is 1. The van der Waals surface area contributed by atoms with Crippen LogP contribution >= 0.6 is 11.6 Å². The summed E-state index contributed by atoms with van der Waals surface area (Å²) in [6.07, 6.45) is 3.54. The lowest BCUT2D eigenvalue weighted by molar-refractivity contribution is -0.133. The van der Waals surface area contributed by atoms with Gasteiger partial charge in [0.15, 0.2) is 0 Å². The number of rotatable bonds is 4. The highest BCUT2D eigenvalue weighted by molar-refractivity contribution is 6.30. The number of benzene rings is 1. The van der Waals surface area contributed by atoms with E-state index in [-0.39, 0.29) is 12.0 Å². The molecule has 0 saturated carbocycles. The Kier molecular flexibility index (Phi) is 5.23. The number of carbonyl (C=O) groups is 1. The summed E-state index contributed by atoms with van der Waals surface area (Å²) in [5.74, 6) is 0.209. The maximum Gasteiger partial charge on any atom is 0.222 e. The zero-order valence-corrected chi connectivity index (χ0v) is 11.8. The number of hydrogen-bond donors (Lipinski definition) is 1. The van der Waals surface area contributed by atoms with Crippen LogP contribution in [0.15, 0.2) is 24.3 Å². The van der Waals surface area contributed by atoms with Crippen LogP contribution in [0.3, 0.4) is 0 Å². The van der Waals surface area contributed by atoms with Gasteiger partial charge in [0.2, 0.25) is 5.91 Å². The molecule has 0 spiro atoms. The molecule has 1 aliphatic heterocycles. The van der Waals surface area contributed by atoms with Crippen molar-refractivity contribution in [3.05, 3.63) is 34.9 Å². The third-order valence-electron chi connectivity index (χ3n) is 3.59. The highest BCUT2D eigenvalue weighted by Gasteiger charge is 2.20. The molecule has 3 nitrogen and oxygen atoms in total. The Bertz CT molecular complexity index is 411. The van der Waals surface area contributed by atoms with Gasteiger partial charge in [-0.2, -0.15) is 0 Å². The summed E-state index contributed by atoms with van der Waals surface area (Å²) in [5, 5.41) is 10.1. The summed E-state index contributed by atoms with van der Waals surface area (Å²) in [6.45, 7) is 1.39. The molecule has 2 rings (SSSR count). The molecule has 0 radical (unpaired) electrons. The van der Waals surface area contributed by atoms with Crippen LogP contribution in [-0.4, -0.2) is 35.1 Å². The van der Waals surface area contributed by atoms with E-state index in [0.29, 0.717) is 32.4 Å². The lowest BCUT2D eigenvalue weighted by Gasteiger charge is -2.29. The average Bonchev–Trinajstić information content (AvgIpc) is 2.41. The van der Waals surface area contributed by atoms with E-state index < -0.39 is 0 Å². The molecular formula is C15H20ClNO2. The molecule has 1 fully saturated rings. The Labute approximate surface area is 119 Å². The van der Waals surface area contributed by atoms with Crippen molar-refractivity contribution >= 4 is 17.5 Å². The van der Waals surface area contributed by atoms with Crippen molar-refractivity contribution in [1.82, 2.24) is 4.90 Å². The van der Waals surface area contributed by atoms with E-state index in [1.54, 1.807) is 0 Å². The number of likely N-dealkylation sites (tertiary alicyclic amines) is 1. The molecule has 1 aromatic carbocycles.